The molecule has 14 heavy (non-hydrogen) atoms. The Hall–Kier alpha value is -0.130. The zero-order chi connectivity index (χ0) is 11.4. The molecule has 0 N–H and O–H groups in total. The Kier molecular flexibility index (Phi) is 5.05. The van der Waals surface area contributed by atoms with Crippen LogP contribution in [0.5, 0.6) is 0 Å². The Balaban J connectivity index is 4.05. The van der Waals surface area contributed by atoms with Gasteiger partial charge < -0.3 is 4.74 Å². The highest BCUT2D eigenvalue weighted by molar-refractivity contribution is 7.85. The standard InChI is InChI=1S/C9H20O4S/c1-6-8(13-9(2,3)4)7-12-14(5,10)11/h8H,6-7H2,1-5H3. The largest absolute Gasteiger partial charge is 0.370 e. The summed E-state index contributed by atoms with van der Waals surface area (Å²) in [6.45, 7) is 7.80. The summed E-state index contributed by atoms with van der Waals surface area (Å²) in [5.74, 6) is 0. The summed E-state index contributed by atoms with van der Waals surface area (Å²) < 4.78 is 31.7. The number of ether oxygens (including phenoxy) is 1. The summed E-state index contributed by atoms with van der Waals surface area (Å²) >= 11 is 0. The van der Waals surface area contributed by atoms with Gasteiger partial charge in [-0.1, -0.05) is 6.92 Å². The van der Waals surface area contributed by atoms with E-state index in [0.29, 0.717) is 0 Å². The number of rotatable bonds is 5. The Morgan fingerprint density at radius 1 is 1.29 bits per heavy atom. The van der Waals surface area contributed by atoms with Gasteiger partial charge in [-0.2, -0.15) is 8.42 Å². The van der Waals surface area contributed by atoms with Gasteiger partial charge in [0, 0.05) is 0 Å². The molecule has 0 aromatic rings. The Labute approximate surface area is 86.7 Å². The first-order valence-electron chi connectivity index (χ1n) is 4.66. The van der Waals surface area contributed by atoms with Gasteiger partial charge >= 0.3 is 0 Å². The van der Waals surface area contributed by atoms with Crippen LogP contribution in [-0.2, 0) is 19.0 Å². The molecule has 0 aromatic heterocycles. The van der Waals surface area contributed by atoms with Crippen molar-refractivity contribution in [1.82, 2.24) is 0 Å². The van der Waals surface area contributed by atoms with Crippen molar-refractivity contribution in [2.24, 2.45) is 0 Å². The third-order valence-corrected chi connectivity index (χ3v) is 2.01. The first-order valence-corrected chi connectivity index (χ1v) is 6.48. The van der Waals surface area contributed by atoms with Gasteiger partial charge in [0.25, 0.3) is 10.1 Å². The molecule has 0 spiro atoms. The maximum Gasteiger partial charge on any atom is 0.264 e. The quantitative estimate of drug-likeness (QED) is 0.665. The minimum absolute atomic E-state index is 0.0899. The van der Waals surface area contributed by atoms with E-state index in [9.17, 15) is 8.42 Å². The molecule has 0 rings (SSSR count). The maximum absolute atomic E-state index is 10.7. The first-order chi connectivity index (χ1) is 6.14. The second-order valence-corrected chi connectivity index (χ2v) is 5.89. The third-order valence-electron chi connectivity index (χ3n) is 1.44. The lowest BCUT2D eigenvalue weighted by Gasteiger charge is -2.26. The molecule has 0 fully saturated rings. The molecule has 0 aromatic carbocycles. The van der Waals surface area contributed by atoms with E-state index < -0.39 is 10.1 Å². The van der Waals surface area contributed by atoms with Crippen LogP contribution in [0.15, 0.2) is 0 Å². The van der Waals surface area contributed by atoms with E-state index in [-0.39, 0.29) is 18.3 Å². The molecule has 1 unspecified atom stereocenters. The van der Waals surface area contributed by atoms with Crippen molar-refractivity contribution < 1.29 is 17.3 Å². The van der Waals surface area contributed by atoms with Crippen LogP contribution in [0.3, 0.4) is 0 Å². The van der Waals surface area contributed by atoms with E-state index >= 15 is 0 Å². The topological polar surface area (TPSA) is 52.6 Å². The van der Waals surface area contributed by atoms with Crippen molar-refractivity contribution in [3.8, 4) is 0 Å². The van der Waals surface area contributed by atoms with Crippen LogP contribution >= 0.6 is 0 Å². The van der Waals surface area contributed by atoms with E-state index in [0.717, 1.165) is 12.7 Å². The Bertz CT molecular complexity index is 250. The van der Waals surface area contributed by atoms with Gasteiger partial charge in [-0.05, 0) is 27.2 Å². The highest BCUT2D eigenvalue weighted by atomic mass is 32.2. The lowest BCUT2D eigenvalue weighted by molar-refractivity contribution is -0.0760. The summed E-state index contributed by atoms with van der Waals surface area (Å²) in [6.07, 6.45) is 1.59. The fourth-order valence-corrected chi connectivity index (χ4v) is 1.33. The molecule has 1 atom stereocenters. The molecule has 0 amide bonds. The van der Waals surface area contributed by atoms with Gasteiger partial charge in [0.2, 0.25) is 0 Å². The summed E-state index contributed by atoms with van der Waals surface area (Å²) in [4.78, 5) is 0. The lowest BCUT2D eigenvalue weighted by atomic mass is 10.1. The highest BCUT2D eigenvalue weighted by Gasteiger charge is 2.18. The summed E-state index contributed by atoms with van der Waals surface area (Å²) in [6, 6.07) is 0. The van der Waals surface area contributed by atoms with Gasteiger partial charge in [-0.15, -0.1) is 0 Å². The van der Waals surface area contributed by atoms with Crippen LogP contribution < -0.4 is 0 Å². The minimum Gasteiger partial charge on any atom is -0.370 e. The second kappa shape index (κ2) is 5.09. The monoisotopic (exact) mass is 224 g/mol. The first kappa shape index (κ1) is 13.9. The van der Waals surface area contributed by atoms with Gasteiger partial charge in [0.05, 0.1) is 24.6 Å². The molecular weight excluding hydrogens is 204 g/mol. The smallest absolute Gasteiger partial charge is 0.264 e. The molecule has 0 aliphatic rings. The SMILES string of the molecule is CCC(COS(C)(=O)=O)OC(C)(C)C. The molecule has 0 bridgehead atoms. The zero-order valence-corrected chi connectivity index (χ0v) is 10.3. The van der Waals surface area contributed by atoms with E-state index in [1.54, 1.807) is 0 Å². The Morgan fingerprint density at radius 3 is 2.07 bits per heavy atom. The van der Waals surface area contributed by atoms with Crippen LogP contribution in [0.25, 0.3) is 0 Å². The molecule has 0 radical (unpaired) electrons. The van der Waals surface area contributed by atoms with Crippen LogP contribution in [0.1, 0.15) is 34.1 Å². The fourth-order valence-electron chi connectivity index (χ4n) is 0.935. The lowest BCUT2D eigenvalue weighted by Crippen LogP contribution is -2.31. The van der Waals surface area contributed by atoms with Gasteiger partial charge in [-0.25, -0.2) is 0 Å². The predicted octanol–water partition coefficient (Wildman–Crippen LogP) is 1.56. The van der Waals surface area contributed by atoms with Crippen molar-refractivity contribution in [3.63, 3.8) is 0 Å². The molecule has 0 saturated heterocycles. The van der Waals surface area contributed by atoms with Crippen molar-refractivity contribution in [3.05, 3.63) is 0 Å². The predicted molar refractivity (Wildman–Crippen MR) is 55.7 cm³/mol. The summed E-state index contributed by atoms with van der Waals surface area (Å²) in [5.41, 5.74) is -0.276. The fraction of sp³-hybridized carbons (Fsp3) is 1.00. The van der Waals surface area contributed by atoms with Crippen LogP contribution in [0.2, 0.25) is 0 Å². The van der Waals surface area contributed by atoms with Crippen LogP contribution in [-0.4, -0.2) is 33.0 Å². The normalized spacial score (nSPS) is 15.5. The molecule has 5 heteroatoms. The minimum atomic E-state index is -3.36. The molecule has 0 heterocycles. The second-order valence-electron chi connectivity index (χ2n) is 4.25. The molecule has 86 valence electrons. The van der Waals surface area contributed by atoms with Crippen molar-refractivity contribution in [2.45, 2.75) is 45.8 Å². The average molecular weight is 224 g/mol. The van der Waals surface area contributed by atoms with Crippen molar-refractivity contribution in [2.75, 3.05) is 12.9 Å². The third kappa shape index (κ3) is 8.47. The Morgan fingerprint density at radius 2 is 1.79 bits per heavy atom. The maximum atomic E-state index is 10.7. The van der Waals surface area contributed by atoms with Gasteiger partial charge in [0.15, 0.2) is 0 Å². The highest BCUT2D eigenvalue weighted by Crippen LogP contribution is 2.13. The van der Waals surface area contributed by atoms with E-state index in [1.165, 1.54) is 0 Å². The molecule has 0 aliphatic heterocycles. The van der Waals surface area contributed by atoms with Crippen molar-refractivity contribution >= 4 is 10.1 Å². The zero-order valence-electron chi connectivity index (χ0n) is 9.53. The van der Waals surface area contributed by atoms with Gasteiger partial charge in [0.1, 0.15) is 0 Å². The summed E-state index contributed by atoms with van der Waals surface area (Å²) in [7, 11) is -3.36. The van der Waals surface area contributed by atoms with E-state index in [4.69, 9.17) is 4.74 Å². The van der Waals surface area contributed by atoms with Crippen molar-refractivity contribution in [1.29, 1.82) is 0 Å². The molecule has 4 nitrogen and oxygen atoms in total. The summed E-state index contributed by atoms with van der Waals surface area (Å²) in [5, 5.41) is 0. The molecular formula is C9H20O4S. The number of hydrogen-bond acceptors (Lipinski definition) is 4. The van der Waals surface area contributed by atoms with E-state index in [2.05, 4.69) is 4.18 Å². The number of hydrogen-bond donors (Lipinski definition) is 0. The average Bonchev–Trinajstić information content (AvgIpc) is 1.94. The molecule has 0 aliphatic carbocycles. The van der Waals surface area contributed by atoms with Gasteiger partial charge in [-0.3, -0.25) is 4.18 Å². The molecule has 0 saturated carbocycles. The van der Waals surface area contributed by atoms with Crippen LogP contribution in [0.4, 0.5) is 0 Å². The van der Waals surface area contributed by atoms with Crippen LogP contribution in [0, 0.1) is 0 Å². The van der Waals surface area contributed by atoms with E-state index in [1.807, 2.05) is 27.7 Å².